The van der Waals surface area contributed by atoms with Gasteiger partial charge in [0, 0.05) is 37.9 Å². The summed E-state index contributed by atoms with van der Waals surface area (Å²) in [6.45, 7) is 1.64. The molecule has 0 spiro atoms. The lowest BCUT2D eigenvalue weighted by Gasteiger charge is -2.36. The number of halogens is 2. The zero-order valence-corrected chi connectivity index (χ0v) is 16.2. The van der Waals surface area contributed by atoms with E-state index < -0.39 is 16.7 Å². The van der Waals surface area contributed by atoms with Gasteiger partial charge in [-0.15, -0.1) is 0 Å². The Kier molecular flexibility index (Phi) is 5.97. The molecule has 0 saturated carbocycles. The average molecular weight is 422 g/mol. The van der Waals surface area contributed by atoms with E-state index in [-0.39, 0.29) is 27.7 Å². The standard InChI is InChI=1S/C19H17ClFN3O5/c1-29-19(26)15-11-13(3-5-17(15)24(27)28)22-6-8-23(9-7-22)18(25)14-4-2-12(21)10-16(14)20/h2-5,10-11H,6-9H2,1H3. The van der Waals surface area contributed by atoms with Crippen molar-refractivity contribution in [3.63, 3.8) is 0 Å². The molecule has 1 fully saturated rings. The lowest BCUT2D eigenvalue weighted by atomic mass is 10.1. The molecule has 0 unspecified atom stereocenters. The first-order valence-corrected chi connectivity index (χ1v) is 9.05. The van der Waals surface area contributed by atoms with Gasteiger partial charge in [0.25, 0.3) is 11.6 Å². The van der Waals surface area contributed by atoms with Crippen LogP contribution in [-0.2, 0) is 4.74 Å². The predicted octanol–water partition coefficient (Wildman–Crippen LogP) is 3.14. The predicted molar refractivity (Wildman–Crippen MR) is 104 cm³/mol. The smallest absolute Gasteiger partial charge is 0.344 e. The molecule has 3 rings (SSSR count). The number of nitro benzene ring substituents is 1. The van der Waals surface area contributed by atoms with E-state index in [9.17, 15) is 24.1 Å². The van der Waals surface area contributed by atoms with Crippen LogP contribution in [0.25, 0.3) is 0 Å². The highest BCUT2D eigenvalue weighted by atomic mass is 35.5. The van der Waals surface area contributed by atoms with Crippen LogP contribution in [-0.4, -0.2) is 55.0 Å². The maximum atomic E-state index is 13.2. The van der Waals surface area contributed by atoms with E-state index in [1.54, 1.807) is 11.0 Å². The van der Waals surface area contributed by atoms with Crippen molar-refractivity contribution in [3.05, 3.63) is 68.5 Å². The van der Waals surface area contributed by atoms with Crippen molar-refractivity contribution in [2.24, 2.45) is 0 Å². The zero-order chi connectivity index (χ0) is 21.1. The summed E-state index contributed by atoms with van der Waals surface area (Å²) in [6.07, 6.45) is 0. The Labute approximate surface area is 170 Å². The fraction of sp³-hybridized carbons (Fsp3) is 0.263. The number of hydrogen-bond donors (Lipinski definition) is 0. The lowest BCUT2D eigenvalue weighted by Crippen LogP contribution is -2.48. The third-order valence-corrected chi connectivity index (χ3v) is 4.99. The number of carbonyl (C=O) groups excluding carboxylic acids is 2. The Bertz CT molecular complexity index is 976. The molecule has 0 aromatic heterocycles. The minimum atomic E-state index is -0.793. The Hall–Kier alpha value is -3.20. The van der Waals surface area contributed by atoms with Crippen LogP contribution in [0.2, 0.25) is 5.02 Å². The number of carbonyl (C=O) groups is 2. The molecule has 0 atom stereocenters. The van der Waals surface area contributed by atoms with Crippen LogP contribution in [0.5, 0.6) is 0 Å². The largest absolute Gasteiger partial charge is 0.465 e. The van der Waals surface area contributed by atoms with Crippen LogP contribution in [0.1, 0.15) is 20.7 Å². The van der Waals surface area contributed by atoms with Crippen molar-refractivity contribution in [3.8, 4) is 0 Å². The van der Waals surface area contributed by atoms with Gasteiger partial charge in [-0.2, -0.15) is 0 Å². The Morgan fingerprint density at radius 2 is 1.79 bits per heavy atom. The molecule has 1 saturated heterocycles. The van der Waals surface area contributed by atoms with Gasteiger partial charge < -0.3 is 14.5 Å². The molecule has 0 N–H and O–H groups in total. The number of anilines is 1. The number of benzene rings is 2. The van der Waals surface area contributed by atoms with Gasteiger partial charge in [-0.05, 0) is 30.3 Å². The minimum Gasteiger partial charge on any atom is -0.465 e. The second kappa shape index (κ2) is 8.44. The van der Waals surface area contributed by atoms with Crippen molar-refractivity contribution >= 4 is 34.9 Å². The molecular weight excluding hydrogens is 405 g/mol. The quantitative estimate of drug-likeness (QED) is 0.428. The van der Waals surface area contributed by atoms with Crippen LogP contribution in [0.15, 0.2) is 36.4 Å². The van der Waals surface area contributed by atoms with Crippen molar-refractivity contribution < 1.29 is 23.6 Å². The van der Waals surface area contributed by atoms with Crippen molar-refractivity contribution in [1.29, 1.82) is 0 Å². The highest BCUT2D eigenvalue weighted by Crippen LogP contribution is 2.27. The molecule has 2 aromatic carbocycles. The van der Waals surface area contributed by atoms with Crippen molar-refractivity contribution in [2.75, 3.05) is 38.2 Å². The second-order valence-electron chi connectivity index (χ2n) is 6.35. The van der Waals surface area contributed by atoms with Gasteiger partial charge >= 0.3 is 5.97 Å². The van der Waals surface area contributed by atoms with Gasteiger partial charge in [0.1, 0.15) is 11.4 Å². The second-order valence-corrected chi connectivity index (χ2v) is 6.76. The number of rotatable bonds is 4. The van der Waals surface area contributed by atoms with Gasteiger partial charge in [0.2, 0.25) is 0 Å². The van der Waals surface area contributed by atoms with Gasteiger partial charge in [0.05, 0.1) is 22.6 Å². The molecule has 0 bridgehead atoms. The van der Waals surface area contributed by atoms with E-state index in [0.29, 0.717) is 31.9 Å². The van der Waals surface area contributed by atoms with Crippen LogP contribution < -0.4 is 4.90 Å². The molecule has 0 radical (unpaired) electrons. The summed E-state index contributed by atoms with van der Waals surface area (Å²) < 4.78 is 17.8. The summed E-state index contributed by atoms with van der Waals surface area (Å²) in [6, 6.07) is 7.86. The molecule has 1 aliphatic rings. The molecule has 152 valence electrons. The summed E-state index contributed by atoms with van der Waals surface area (Å²) in [5.41, 5.74) is 0.375. The third kappa shape index (κ3) is 4.29. The summed E-state index contributed by atoms with van der Waals surface area (Å²) in [5, 5.41) is 11.2. The first-order chi connectivity index (χ1) is 13.8. The third-order valence-electron chi connectivity index (χ3n) is 4.68. The number of nitro groups is 1. The number of methoxy groups -OCH3 is 1. The van der Waals surface area contributed by atoms with Gasteiger partial charge in [-0.3, -0.25) is 14.9 Å². The topological polar surface area (TPSA) is 93.0 Å². The molecule has 1 heterocycles. The fourth-order valence-corrected chi connectivity index (χ4v) is 3.40. The van der Waals surface area contributed by atoms with Crippen LogP contribution in [0.4, 0.5) is 15.8 Å². The number of ether oxygens (including phenoxy) is 1. The van der Waals surface area contributed by atoms with E-state index in [1.165, 1.54) is 24.3 Å². The highest BCUT2D eigenvalue weighted by molar-refractivity contribution is 6.33. The highest BCUT2D eigenvalue weighted by Gasteiger charge is 2.26. The van der Waals surface area contributed by atoms with E-state index in [1.807, 2.05) is 4.90 Å². The number of hydrogen-bond acceptors (Lipinski definition) is 6. The summed E-state index contributed by atoms with van der Waals surface area (Å²) in [4.78, 5) is 38.5. The fourth-order valence-electron chi connectivity index (χ4n) is 3.15. The van der Waals surface area contributed by atoms with Crippen LogP contribution in [0.3, 0.4) is 0 Å². The van der Waals surface area contributed by atoms with Crippen molar-refractivity contribution in [1.82, 2.24) is 4.90 Å². The van der Waals surface area contributed by atoms with E-state index in [2.05, 4.69) is 4.74 Å². The summed E-state index contributed by atoms with van der Waals surface area (Å²) in [7, 11) is 1.16. The summed E-state index contributed by atoms with van der Waals surface area (Å²) in [5.74, 6) is -1.61. The lowest BCUT2D eigenvalue weighted by molar-refractivity contribution is -0.385. The number of nitrogens with zero attached hydrogens (tertiary/aromatic N) is 3. The molecule has 10 heteroatoms. The molecule has 29 heavy (non-hydrogen) atoms. The molecule has 0 aliphatic carbocycles. The normalized spacial score (nSPS) is 13.9. The first kappa shape index (κ1) is 20.5. The average Bonchev–Trinajstić information content (AvgIpc) is 2.72. The molecule has 2 aromatic rings. The Balaban J connectivity index is 1.74. The number of piperazine rings is 1. The monoisotopic (exact) mass is 421 g/mol. The molecule has 1 aliphatic heterocycles. The van der Waals surface area contributed by atoms with E-state index in [4.69, 9.17) is 11.6 Å². The van der Waals surface area contributed by atoms with Crippen LogP contribution in [0, 0.1) is 15.9 Å². The van der Waals surface area contributed by atoms with E-state index in [0.717, 1.165) is 13.2 Å². The first-order valence-electron chi connectivity index (χ1n) is 8.68. The maximum absolute atomic E-state index is 13.2. The summed E-state index contributed by atoms with van der Waals surface area (Å²) >= 11 is 5.97. The van der Waals surface area contributed by atoms with Gasteiger partial charge in [-0.25, -0.2) is 9.18 Å². The van der Waals surface area contributed by atoms with Gasteiger partial charge in [0.15, 0.2) is 0 Å². The minimum absolute atomic E-state index is 0.0514. The molecule has 1 amide bonds. The SMILES string of the molecule is COC(=O)c1cc(N2CCN(C(=O)c3ccc(F)cc3Cl)CC2)ccc1[N+](=O)[O-]. The molecule has 8 nitrogen and oxygen atoms in total. The number of amides is 1. The number of esters is 1. The van der Waals surface area contributed by atoms with E-state index >= 15 is 0 Å². The Morgan fingerprint density at radius 3 is 2.38 bits per heavy atom. The maximum Gasteiger partial charge on any atom is 0.344 e. The molecular formula is C19H17ClFN3O5. The zero-order valence-electron chi connectivity index (χ0n) is 15.4. The van der Waals surface area contributed by atoms with Gasteiger partial charge in [-0.1, -0.05) is 11.6 Å². The van der Waals surface area contributed by atoms with Crippen molar-refractivity contribution in [2.45, 2.75) is 0 Å². The Morgan fingerprint density at radius 1 is 1.10 bits per heavy atom. The van der Waals surface area contributed by atoms with Crippen LogP contribution >= 0.6 is 11.6 Å².